The van der Waals surface area contributed by atoms with Crippen molar-refractivity contribution in [1.29, 1.82) is 0 Å². The van der Waals surface area contributed by atoms with Gasteiger partial charge in [0.25, 0.3) is 11.1 Å². The molecule has 0 fully saturated rings. The van der Waals surface area contributed by atoms with Crippen molar-refractivity contribution in [2.45, 2.75) is 18.8 Å². The summed E-state index contributed by atoms with van der Waals surface area (Å²) in [5.74, 6) is 0.521. The molecule has 1 heterocycles. The number of nitrogens with zero attached hydrogens (tertiary/aromatic N) is 2. The van der Waals surface area contributed by atoms with Crippen molar-refractivity contribution in [3.05, 3.63) is 65.8 Å². The number of carbonyl (C=O) groups is 1. The Kier molecular flexibility index (Phi) is 5.85. The highest BCUT2D eigenvalue weighted by molar-refractivity contribution is 7.99. The van der Waals surface area contributed by atoms with Gasteiger partial charge in [-0.25, -0.2) is 4.39 Å². The summed E-state index contributed by atoms with van der Waals surface area (Å²) < 4.78 is 23.8. The van der Waals surface area contributed by atoms with Gasteiger partial charge in [0.2, 0.25) is 5.91 Å². The van der Waals surface area contributed by atoms with Crippen LogP contribution in [0.3, 0.4) is 0 Å². The van der Waals surface area contributed by atoms with Gasteiger partial charge in [-0.2, -0.15) is 0 Å². The number of hydrogen-bond donors (Lipinski definition) is 1. The van der Waals surface area contributed by atoms with E-state index >= 15 is 0 Å². The van der Waals surface area contributed by atoms with E-state index in [2.05, 4.69) is 15.5 Å². The molecule has 0 aliphatic carbocycles. The molecule has 0 unspecified atom stereocenters. The first-order valence-corrected chi connectivity index (χ1v) is 8.77. The van der Waals surface area contributed by atoms with E-state index in [0.29, 0.717) is 17.3 Å². The summed E-state index contributed by atoms with van der Waals surface area (Å²) in [6.07, 6.45) is 0. The van der Waals surface area contributed by atoms with Crippen LogP contribution in [0.25, 0.3) is 0 Å². The van der Waals surface area contributed by atoms with Crippen molar-refractivity contribution < 1.29 is 18.3 Å². The maximum atomic E-state index is 12.8. The number of thioether (sulfide) groups is 1. The molecule has 0 saturated heterocycles. The van der Waals surface area contributed by atoms with Crippen LogP contribution in [-0.2, 0) is 11.4 Å². The standard InChI is InChI=1S/C18H16FN3O3S/c1-12-2-8-15(9-3-12)24-10-17-21-22-18(25-17)26-11-16(23)20-14-6-4-13(19)5-7-14/h2-9H,10-11H2,1H3,(H,20,23). The number of carbonyl (C=O) groups excluding carboxylic acids is 1. The Morgan fingerprint density at radius 3 is 2.62 bits per heavy atom. The molecule has 0 radical (unpaired) electrons. The highest BCUT2D eigenvalue weighted by atomic mass is 32.2. The average molecular weight is 373 g/mol. The van der Waals surface area contributed by atoms with E-state index in [4.69, 9.17) is 9.15 Å². The Bertz CT molecular complexity index is 866. The Morgan fingerprint density at radius 1 is 1.15 bits per heavy atom. The molecule has 3 rings (SSSR count). The molecule has 0 aliphatic rings. The molecule has 0 spiro atoms. The number of anilines is 1. The summed E-state index contributed by atoms with van der Waals surface area (Å²) in [7, 11) is 0. The molecule has 0 saturated carbocycles. The number of nitrogens with one attached hydrogen (secondary N) is 1. The van der Waals surface area contributed by atoms with Crippen LogP contribution in [0.5, 0.6) is 5.75 Å². The minimum atomic E-state index is -0.358. The number of aryl methyl sites for hydroxylation is 1. The second kappa shape index (κ2) is 8.48. The molecule has 1 N–H and O–H groups in total. The number of halogens is 1. The van der Waals surface area contributed by atoms with Crippen molar-refractivity contribution in [3.63, 3.8) is 0 Å². The molecule has 0 atom stereocenters. The van der Waals surface area contributed by atoms with Crippen molar-refractivity contribution >= 4 is 23.4 Å². The molecule has 2 aromatic carbocycles. The van der Waals surface area contributed by atoms with E-state index in [1.54, 1.807) is 0 Å². The van der Waals surface area contributed by atoms with Crippen molar-refractivity contribution in [1.82, 2.24) is 10.2 Å². The van der Waals surface area contributed by atoms with Gasteiger partial charge in [0.05, 0.1) is 5.75 Å². The van der Waals surface area contributed by atoms with Crippen LogP contribution >= 0.6 is 11.8 Å². The molecule has 0 bridgehead atoms. The molecular formula is C18H16FN3O3S. The quantitative estimate of drug-likeness (QED) is 0.634. The lowest BCUT2D eigenvalue weighted by molar-refractivity contribution is -0.113. The van der Waals surface area contributed by atoms with E-state index in [1.807, 2.05) is 31.2 Å². The molecule has 0 aliphatic heterocycles. The Balaban J connectivity index is 1.45. The van der Waals surface area contributed by atoms with Crippen LogP contribution in [0.15, 0.2) is 58.2 Å². The molecule has 26 heavy (non-hydrogen) atoms. The first-order chi connectivity index (χ1) is 12.6. The van der Waals surface area contributed by atoms with Crippen molar-refractivity contribution in [2.75, 3.05) is 11.1 Å². The molecule has 134 valence electrons. The van der Waals surface area contributed by atoms with Crippen LogP contribution in [-0.4, -0.2) is 21.9 Å². The number of amides is 1. The predicted octanol–water partition coefficient (Wildman–Crippen LogP) is 3.83. The van der Waals surface area contributed by atoms with Gasteiger partial charge in [-0.1, -0.05) is 29.5 Å². The van der Waals surface area contributed by atoms with Crippen LogP contribution in [0, 0.1) is 12.7 Å². The smallest absolute Gasteiger partial charge is 0.277 e. The van der Waals surface area contributed by atoms with E-state index in [0.717, 1.165) is 17.3 Å². The fraction of sp³-hybridized carbons (Fsp3) is 0.167. The zero-order valence-electron chi connectivity index (χ0n) is 13.9. The lowest BCUT2D eigenvalue weighted by Crippen LogP contribution is -2.13. The van der Waals surface area contributed by atoms with E-state index in [9.17, 15) is 9.18 Å². The second-order valence-corrected chi connectivity index (χ2v) is 6.33. The van der Waals surface area contributed by atoms with E-state index in [-0.39, 0.29) is 29.3 Å². The number of aromatic nitrogens is 2. The molecular weight excluding hydrogens is 357 g/mol. The minimum Gasteiger partial charge on any atom is -0.484 e. The highest BCUT2D eigenvalue weighted by Crippen LogP contribution is 2.18. The van der Waals surface area contributed by atoms with Crippen LogP contribution < -0.4 is 10.1 Å². The minimum absolute atomic E-state index is 0.0951. The predicted molar refractivity (Wildman–Crippen MR) is 95.6 cm³/mol. The average Bonchev–Trinajstić information content (AvgIpc) is 3.09. The van der Waals surface area contributed by atoms with Gasteiger partial charge in [-0.3, -0.25) is 4.79 Å². The van der Waals surface area contributed by atoms with Gasteiger partial charge in [0, 0.05) is 5.69 Å². The van der Waals surface area contributed by atoms with Gasteiger partial charge in [-0.05, 0) is 43.3 Å². The van der Waals surface area contributed by atoms with E-state index < -0.39 is 0 Å². The van der Waals surface area contributed by atoms with Gasteiger partial charge in [0.15, 0.2) is 6.61 Å². The Hall–Kier alpha value is -2.87. The molecule has 1 aromatic heterocycles. The normalized spacial score (nSPS) is 10.5. The first kappa shape index (κ1) is 17.9. The highest BCUT2D eigenvalue weighted by Gasteiger charge is 2.10. The lowest BCUT2D eigenvalue weighted by Gasteiger charge is -2.03. The van der Waals surface area contributed by atoms with Gasteiger partial charge in [-0.15, -0.1) is 10.2 Å². The monoisotopic (exact) mass is 373 g/mol. The SMILES string of the molecule is Cc1ccc(OCc2nnc(SCC(=O)Nc3ccc(F)cc3)o2)cc1. The summed E-state index contributed by atoms with van der Waals surface area (Å²) >= 11 is 1.11. The number of ether oxygens (including phenoxy) is 1. The molecule has 6 nitrogen and oxygen atoms in total. The third-order valence-electron chi connectivity index (χ3n) is 3.29. The van der Waals surface area contributed by atoms with Crippen LogP contribution in [0.1, 0.15) is 11.5 Å². The summed E-state index contributed by atoms with van der Waals surface area (Å²) in [5.41, 5.74) is 1.67. The Labute approximate surface area is 153 Å². The summed E-state index contributed by atoms with van der Waals surface area (Å²) in [6.45, 7) is 2.15. The fourth-order valence-corrected chi connectivity index (χ4v) is 2.57. The maximum Gasteiger partial charge on any atom is 0.277 e. The van der Waals surface area contributed by atoms with Gasteiger partial charge >= 0.3 is 0 Å². The van der Waals surface area contributed by atoms with Crippen LogP contribution in [0.4, 0.5) is 10.1 Å². The van der Waals surface area contributed by atoms with Crippen LogP contribution in [0.2, 0.25) is 0 Å². The number of rotatable bonds is 7. The summed E-state index contributed by atoms with van der Waals surface area (Å²) in [6, 6.07) is 13.2. The molecule has 1 amide bonds. The summed E-state index contributed by atoms with van der Waals surface area (Å²) in [5, 5.41) is 10.7. The van der Waals surface area contributed by atoms with Crippen molar-refractivity contribution in [3.8, 4) is 5.75 Å². The topological polar surface area (TPSA) is 77.2 Å². The number of hydrogen-bond acceptors (Lipinski definition) is 6. The third-order valence-corrected chi connectivity index (χ3v) is 4.10. The van der Waals surface area contributed by atoms with Gasteiger partial charge in [0.1, 0.15) is 11.6 Å². The Morgan fingerprint density at radius 2 is 1.88 bits per heavy atom. The number of benzene rings is 2. The van der Waals surface area contributed by atoms with Crippen molar-refractivity contribution in [2.24, 2.45) is 0 Å². The fourth-order valence-electron chi connectivity index (χ4n) is 1.99. The first-order valence-electron chi connectivity index (χ1n) is 7.78. The summed E-state index contributed by atoms with van der Waals surface area (Å²) in [4.78, 5) is 11.9. The maximum absolute atomic E-state index is 12.8. The van der Waals surface area contributed by atoms with Gasteiger partial charge < -0.3 is 14.5 Å². The zero-order chi connectivity index (χ0) is 18.4. The third kappa shape index (κ3) is 5.32. The molecule has 3 aromatic rings. The van der Waals surface area contributed by atoms with E-state index in [1.165, 1.54) is 24.3 Å². The molecule has 8 heteroatoms. The largest absolute Gasteiger partial charge is 0.484 e. The second-order valence-electron chi connectivity index (χ2n) is 5.41. The lowest BCUT2D eigenvalue weighted by atomic mass is 10.2. The zero-order valence-corrected chi connectivity index (χ0v) is 14.8.